The number of aromatic amines is 1. The Labute approximate surface area is 76.3 Å². The van der Waals surface area contributed by atoms with Crippen molar-refractivity contribution in [3.8, 4) is 0 Å². The average Bonchev–Trinajstić information content (AvgIpc) is 2.54. The fourth-order valence-corrected chi connectivity index (χ4v) is 0.736. The van der Waals surface area contributed by atoms with Crippen LogP contribution in [-0.4, -0.2) is 32.2 Å². The summed E-state index contributed by atoms with van der Waals surface area (Å²) in [5, 5.41) is 28.2. The molecule has 1 heterocycles. The van der Waals surface area contributed by atoms with Gasteiger partial charge in [-0.1, -0.05) is 5.16 Å². The highest BCUT2D eigenvalue weighted by atomic mass is 16.4. The molecule has 0 fully saturated rings. The molecule has 0 saturated carbocycles. The molecule has 0 aliphatic rings. The first-order chi connectivity index (χ1) is 6.69. The molecule has 1 rings (SSSR count). The van der Waals surface area contributed by atoms with Crippen molar-refractivity contribution in [2.24, 2.45) is 10.3 Å². The maximum Gasteiger partial charge on any atom is 0.360 e. The van der Waals surface area contributed by atoms with Gasteiger partial charge in [-0.15, -0.1) is 0 Å². The number of azide groups is 1. The number of oxime groups is 1. The SMILES string of the molecule is [N-]=[N+]=Nc1cc(/C(=N/O)C(=O)O)n[nH]1. The van der Waals surface area contributed by atoms with Crippen LogP contribution in [0.1, 0.15) is 5.69 Å². The summed E-state index contributed by atoms with van der Waals surface area (Å²) in [6.07, 6.45) is 0. The number of nitrogens with zero attached hydrogens (tertiary/aromatic N) is 5. The van der Waals surface area contributed by atoms with E-state index >= 15 is 0 Å². The molecule has 9 nitrogen and oxygen atoms in total. The Balaban J connectivity index is 3.07. The number of hydrogen-bond acceptors (Lipinski definition) is 5. The molecule has 0 bridgehead atoms. The number of aromatic nitrogens is 2. The van der Waals surface area contributed by atoms with Crippen LogP contribution < -0.4 is 0 Å². The van der Waals surface area contributed by atoms with Gasteiger partial charge in [0, 0.05) is 4.91 Å². The van der Waals surface area contributed by atoms with E-state index in [0.717, 1.165) is 6.07 Å². The molecule has 0 radical (unpaired) electrons. The van der Waals surface area contributed by atoms with Gasteiger partial charge < -0.3 is 10.3 Å². The number of carbonyl (C=O) groups is 1. The largest absolute Gasteiger partial charge is 0.476 e. The van der Waals surface area contributed by atoms with Gasteiger partial charge in [-0.05, 0) is 16.7 Å². The zero-order chi connectivity index (χ0) is 10.6. The van der Waals surface area contributed by atoms with E-state index in [-0.39, 0.29) is 11.5 Å². The first kappa shape index (κ1) is 9.55. The zero-order valence-electron chi connectivity index (χ0n) is 6.62. The molecule has 1 aromatic heterocycles. The van der Waals surface area contributed by atoms with Gasteiger partial charge in [-0.2, -0.15) is 5.10 Å². The van der Waals surface area contributed by atoms with Crippen LogP contribution in [0.5, 0.6) is 0 Å². The quantitative estimate of drug-likeness (QED) is 0.162. The highest BCUT2D eigenvalue weighted by Crippen LogP contribution is 2.10. The van der Waals surface area contributed by atoms with Crippen LogP contribution in [0.2, 0.25) is 0 Å². The molecule has 0 unspecified atom stereocenters. The van der Waals surface area contributed by atoms with Crippen LogP contribution in [0.4, 0.5) is 5.82 Å². The van der Waals surface area contributed by atoms with Gasteiger partial charge in [0.05, 0.1) is 0 Å². The fourth-order valence-electron chi connectivity index (χ4n) is 0.736. The smallest absolute Gasteiger partial charge is 0.360 e. The van der Waals surface area contributed by atoms with Gasteiger partial charge in [0.2, 0.25) is 5.71 Å². The molecule has 72 valence electrons. The number of nitrogens with one attached hydrogen (secondary N) is 1. The standard InChI is InChI=1S/C5H4N6O3/c6-11-9-3-1-2(7-8-3)4(10-14)5(12)13/h1,14H,(H,7,8)(H,12,13)/b10-4-. The van der Waals surface area contributed by atoms with Gasteiger partial charge in [-0.3, -0.25) is 5.10 Å². The molecule has 1 aromatic rings. The molecular formula is C5H4N6O3. The third kappa shape index (κ3) is 1.79. The Morgan fingerprint density at radius 1 is 1.71 bits per heavy atom. The van der Waals surface area contributed by atoms with Crippen LogP contribution in [-0.2, 0) is 4.79 Å². The highest BCUT2D eigenvalue weighted by molar-refractivity contribution is 6.41. The summed E-state index contributed by atoms with van der Waals surface area (Å²) in [4.78, 5) is 12.9. The number of H-pyrrole nitrogens is 1. The number of carboxylic acids is 1. The molecule has 3 N–H and O–H groups in total. The third-order valence-electron chi connectivity index (χ3n) is 1.26. The van der Waals surface area contributed by atoms with Crippen molar-refractivity contribution in [3.63, 3.8) is 0 Å². The Bertz CT molecular complexity index is 428. The minimum absolute atomic E-state index is 0.0323. The summed E-state index contributed by atoms with van der Waals surface area (Å²) in [5.41, 5.74) is 7.29. The lowest BCUT2D eigenvalue weighted by Crippen LogP contribution is -2.14. The maximum atomic E-state index is 10.4. The lowest BCUT2D eigenvalue weighted by molar-refractivity contribution is -0.129. The molecule has 0 aromatic carbocycles. The van der Waals surface area contributed by atoms with E-state index in [4.69, 9.17) is 15.8 Å². The van der Waals surface area contributed by atoms with Crippen molar-refractivity contribution in [3.05, 3.63) is 22.2 Å². The first-order valence-corrected chi connectivity index (χ1v) is 3.25. The second kappa shape index (κ2) is 3.92. The maximum absolute atomic E-state index is 10.4. The van der Waals surface area contributed by atoms with Crippen LogP contribution in [0.3, 0.4) is 0 Å². The second-order valence-corrected chi connectivity index (χ2v) is 2.08. The Kier molecular flexibility index (Phi) is 2.67. The molecule has 0 amide bonds. The summed E-state index contributed by atoms with van der Waals surface area (Å²) in [6, 6.07) is 1.14. The molecule has 0 aliphatic heterocycles. The molecule has 0 aliphatic carbocycles. The lowest BCUT2D eigenvalue weighted by atomic mass is 10.3. The molecule has 0 atom stereocenters. The highest BCUT2D eigenvalue weighted by Gasteiger charge is 2.16. The van der Waals surface area contributed by atoms with Crippen molar-refractivity contribution in [2.75, 3.05) is 0 Å². The summed E-state index contributed by atoms with van der Waals surface area (Å²) in [5.74, 6) is -1.41. The monoisotopic (exact) mass is 196 g/mol. The molecule has 0 spiro atoms. The molecule has 9 heteroatoms. The average molecular weight is 196 g/mol. The van der Waals surface area contributed by atoms with E-state index in [1.807, 2.05) is 0 Å². The minimum Gasteiger partial charge on any atom is -0.476 e. The fraction of sp³-hybridized carbons (Fsp3) is 0. The predicted molar refractivity (Wildman–Crippen MR) is 43.4 cm³/mol. The number of rotatable bonds is 3. The van der Waals surface area contributed by atoms with Crippen molar-refractivity contribution in [2.45, 2.75) is 0 Å². The molecular weight excluding hydrogens is 192 g/mol. The minimum atomic E-state index is -1.44. The Morgan fingerprint density at radius 3 is 2.93 bits per heavy atom. The summed E-state index contributed by atoms with van der Waals surface area (Å²) >= 11 is 0. The van der Waals surface area contributed by atoms with Gasteiger partial charge >= 0.3 is 5.97 Å². The van der Waals surface area contributed by atoms with Crippen molar-refractivity contribution >= 4 is 17.5 Å². The summed E-state index contributed by atoms with van der Waals surface area (Å²) < 4.78 is 0. The number of hydrogen-bond donors (Lipinski definition) is 3. The number of aliphatic carboxylic acids is 1. The van der Waals surface area contributed by atoms with Crippen molar-refractivity contribution < 1.29 is 15.1 Å². The van der Waals surface area contributed by atoms with Gasteiger partial charge in [0.25, 0.3) is 0 Å². The van der Waals surface area contributed by atoms with E-state index in [1.54, 1.807) is 0 Å². The first-order valence-electron chi connectivity index (χ1n) is 3.25. The van der Waals surface area contributed by atoms with Crippen LogP contribution in [0.15, 0.2) is 16.3 Å². The molecule has 0 saturated heterocycles. The van der Waals surface area contributed by atoms with E-state index in [9.17, 15) is 4.79 Å². The zero-order valence-corrected chi connectivity index (χ0v) is 6.62. The topological polar surface area (TPSA) is 147 Å². The number of carboxylic acid groups (broad SMARTS) is 1. The predicted octanol–water partition coefficient (Wildman–Crippen LogP) is 0.614. The molecule has 14 heavy (non-hydrogen) atoms. The lowest BCUT2D eigenvalue weighted by Gasteiger charge is -1.90. The van der Waals surface area contributed by atoms with Crippen LogP contribution >= 0.6 is 0 Å². The summed E-state index contributed by atoms with van der Waals surface area (Å²) in [7, 11) is 0. The Morgan fingerprint density at radius 2 is 2.43 bits per heavy atom. The van der Waals surface area contributed by atoms with Crippen LogP contribution in [0.25, 0.3) is 10.4 Å². The Hall–Kier alpha value is -2.54. The summed E-state index contributed by atoms with van der Waals surface area (Å²) in [6.45, 7) is 0. The normalized spacial score (nSPS) is 10.7. The second-order valence-electron chi connectivity index (χ2n) is 2.08. The third-order valence-corrected chi connectivity index (χ3v) is 1.26. The van der Waals surface area contributed by atoms with Crippen LogP contribution in [0, 0.1) is 0 Å². The van der Waals surface area contributed by atoms with Gasteiger partial charge in [0.1, 0.15) is 11.5 Å². The van der Waals surface area contributed by atoms with E-state index in [1.165, 1.54) is 0 Å². The van der Waals surface area contributed by atoms with Gasteiger partial charge in [-0.25, -0.2) is 4.79 Å². The van der Waals surface area contributed by atoms with Crippen molar-refractivity contribution in [1.29, 1.82) is 0 Å². The van der Waals surface area contributed by atoms with E-state index < -0.39 is 11.7 Å². The van der Waals surface area contributed by atoms with Gasteiger partial charge in [0.15, 0.2) is 0 Å². The van der Waals surface area contributed by atoms with Crippen molar-refractivity contribution in [1.82, 2.24) is 10.2 Å². The van der Waals surface area contributed by atoms with E-state index in [2.05, 4.69) is 25.4 Å². The van der Waals surface area contributed by atoms with E-state index in [0.29, 0.717) is 0 Å².